The van der Waals surface area contributed by atoms with Gasteiger partial charge in [0.1, 0.15) is 53.4 Å². The Balaban J connectivity index is 1.33. The molecule has 3 aliphatic heterocycles. The first-order valence-electron chi connectivity index (χ1n) is 16.5. The van der Waals surface area contributed by atoms with Crippen molar-refractivity contribution in [2.24, 2.45) is 0 Å². The second-order valence-corrected chi connectivity index (χ2v) is 13.1. The fraction of sp³-hybridized carbons (Fsp3) is 0.389. The molecule has 0 saturated carbocycles. The molecular weight excluding hydrogens is 616 g/mol. The minimum absolute atomic E-state index is 0.00419. The lowest BCUT2D eigenvalue weighted by Crippen LogP contribution is -2.43. The van der Waals surface area contributed by atoms with Crippen molar-refractivity contribution < 1.29 is 23.4 Å². The Kier molecular flexibility index (Phi) is 7.43. The van der Waals surface area contributed by atoms with E-state index in [1.165, 1.54) is 6.07 Å². The van der Waals surface area contributed by atoms with Crippen LogP contribution < -0.4 is 20.1 Å². The van der Waals surface area contributed by atoms with E-state index in [0.717, 1.165) is 41.3 Å². The number of phenols is 1. The molecule has 2 saturated heterocycles. The maximum Gasteiger partial charge on any atom is 0.319 e. The molecule has 0 radical (unpaired) electrons. The average Bonchev–Trinajstić information content (AvgIpc) is 3.54. The summed E-state index contributed by atoms with van der Waals surface area (Å²) in [5.74, 6) is 0.246. The third-order valence-corrected chi connectivity index (χ3v) is 10.3. The summed E-state index contributed by atoms with van der Waals surface area (Å²) < 4.78 is 44.3. The van der Waals surface area contributed by atoms with Gasteiger partial charge in [-0.05, 0) is 67.3 Å². The number of ether oxygens (including phenoxy) is 2. The van der Waals surface area contributed by atoms with Gasteiger partial charge in [-0.3, -0.25) is 4.90 Å². The minimum atomic E-state index is -0.923. The van der Waals surface area contributed by atoms with Crippen molar-refractivity contribution >= 4 is 33.3 Å². The zero-order chi connectivity index (χ0) is 33.2. The molecule has 3 atom stereocenters. The van der Waals surface area contributed by atoms with Gasteiger partial charge >= 0.3 is 6.01 Å². The number of nitrogens with two attached hydrogens (primary N) is 1. The molecule has 2 aromatic carbocycles. The highest BCUT2D eigenvalue weighted by atomic mass is 19.1. The van der Waals surface area contributed by atoms with Crippen molar-refractivity contribution in [3.05, 3.63) is 65.6 Å². The number of phenolic OH excluding ortho intramolecular Hbond substituents is 1. The maximum absolute atomic E-state index is 17.2. The zero-order valence-corrected chi connectivity index (χ0v) is 26.9. The summed E-state index contributed by atoms with van der Waals surface area (Å²) in [6.07, 6.45) is 3.55. The molecule has 12 heteroatoms. The van der Waals surface area contributed by atoms with E-state index in [-0.39, 0.29) is 48.1 Å². The molecule has 8 rings (SSSR count). The molecule has 0 amide bonds. The van der Waals surface area contributed by atoms with E-state index >= 15 is 4.39 Å². The average molecular weight is 654 g/mol. The number of nitrogens with zero attached hydrogens (tertiary/aromatic N) is 6. The van der Waals surface area contributed by atoms with Crippen molar-refractivity contribution in [1.82, 2.24) is 24.8 Å². The second kappa shape index (κ2) is 11.7. The number of anilines is 2. The molecular formula is C36H37F2N7O3. The van der Waals surface area contributed by atoms with Crippen LogP contribution in [0.3, 0.4) is 0 Å². The van der Waals surface area contributed by atoms with Crippen molar-refractivity contribution in [3.8, 4) is 28.9 Å². The molecule has 0 bridgehead atoms. The van der Waals surface area contributed by atoms with Crippen molar-refractivity contribution in [1.29, 1.82) is 0 Å². The summed E-state index contributed by atoms with van der Waals surface area (Å²) >= 11 is 0. The molecule has 48 heavy (non-hydrogen) atoms. The Morgan fingerprint density at radius 2 is 2.02 bits per heavy atom. The lowest BCUT2D eigenvalue weighted by atomic mass is 9.95. The first-order valence-corrected chi connectivity index (χ1v) is 16.5. The predicted octanol–water partition coefficient (Wildman–Crippen LogP) is 6.14. The van der Waals surface area contributed by atoms with Crippen molar-refractivity contribution in [2.75, 3.05) is 43.5 Å². The van der Waals surface area contributed by atoms with E-state index in [1.54, 1.807) is 12.3 Å². The Labute approximate surface area is 276 Å². The van der Waals surface area contributed by atoms with E-state index in [9.17, 15) is 9.50 Å². The Hall–Kier alpha value is -4.84. The molecule has 5 aromatic rings. The molecule has 6 heterocycles. The number of hydrogen-bond acceptors (Lipinski definition) is 10. The van der Waals surface area contributed by atoms with Gasteiger partial charge in [0.25, 0.3) is 0 Å². The zero-order valence-electron chi connectivity index (χ0n) is 26.9. The maximum atomic E-state index is 17.2. The number of alkyl halides is 1. The summed E-state index contributed by atoms with van der Waals surface area (Å²) in [7, 11) is 0. The van der Waals surface area contributed by atoms with Gasteiger partial charge in [0.05, 0.1) is 18.1 Å². The third-order valence-electron chi connectivity index (χ3n) is 10.3. The van der Waals surface area contributed by atoms with Gasteiger partial charge in [-0.1, -0.05) is 31.2 Å². The van der Waals surface area contributed by atoms with Crippen LogP contribution in [0, 0.1) is 5.82 Å². The van der Waals surface area contributed by atoms with E-state index < -0.39 is 17.5 Å². The number of fused-ring (bicyclic) bond motifs is 2. The molecule has 3 aliphatic rings. The molecule has 10 nitrogen and oxygen atoms in total. The smallest absolute Gasteiger partial charge is 0.319 e. The fourth-order valence-corrected chi connectivity index (χ4v) is 7.95. The summed E-state index contributed by atoms with van der Waals surface area (Å²) in [4.78, 5) is 22.7. The van der Waals surface area contributed by atoms with Gasteiger partial charge in [0.2, 0.25) is 5.88 Å². The number of halogens is 2. The lowest BCUT2D eigenvalue weighted by Gasteiger charge is -2.32. The van der Waals surface area contributed by atoms with E-state index in [0.29, 0.717) is 48.5 Å². The number of aromatic nitrogens is 4. The Morgan fingerprint density at radius 1 is 1.15 bits per heavy atom. The van der Waals surface area contributed by atoms with Gasteiger partial charge in [0, 0.05) is 30.3 Å². The van der Waals surface area contributed by atoms with Crippen LogP contribution >= 0.6 is 0 Å². The minimum Gasteiger partial charge on any atom is -0.508 e. The Bertz CT molecular complexity index is 2060. The van der Waals surface area contributed by atoms with Gasteiger partial charge in [-0.2, -0.15) is 9.97 Å². The van der Waals surface area contributed by atoms with E-state index in [4.69, 9.17) is 25.2 Å². The van der Waals surface area contributed by atoms with Crippen molar-refractivity contribution in [2.45, 2.75) is 57.3 Å². The van der Waals surface area contributed by atoms with Crippen LogP contribution in [-0.2, 0) is 6.42 Å². The predicted molar refractivity (Wildman–Crippen MR) is 180 cm³/mol. The number of benzene rings is 2. The number of pyridine rings is 2. The molecule has 0 aliphatic carbocycles. The van der Waals surface area contributed by atoms with Crippen LogP contribution in [0.2, 0.25) is 0 Å². The molecule has 3 N–H and O–H groups in total. The summed E-state index contributed by atoms with van der Waals surface area (Å²) in [6.45, 7) is 5.99. The number of nitrogen functional groups attached to an aromatic ring is 1. The Morgan fingerprint density at radius 3 is 2.85 bits per heavy atom. The van der Waals surface area contributed by atoms with Crippen LogP contribution in [0.4, 0.5) is 20.4 Å². The standard InChI is InChI=1S/C36H37F2N7O3/c1-3-21-7-4-8-22-15-24(46)16-26(27(21)22)30-29(38)31-28-33(43-35(42-31)48-19-36-10-6-12-44(36)18-23(37)17-36)45(13-14-47-34(28)41-30)20(2)25-9-5-11-40-32(25)39/h4-5,7-9,11,15-16,20,23,46H,3,6,10,12-14,17-19H2,1-2H3,(H2,39,40)/t20-,23-,36+/m1/s1. The third kappa shape index (κ3) is 4.92. The quantitative estimate of drug-likeness (QED) is 0.212. The van der Waals surface area contributed by atoms with E-state index in [1.807, 2.05) is 49.1 Å². The van der Waals surface area contributed by atoms with Crippen LogP contribution in [0.5, 0.6) is 17.6 Å². The molecule has 0 spiro atoms. The summed E-state index contributed by atoms with van der Waals surface area (Å²) in [5.41, 5.74) is 8.03. The van der Waals surface area contributed by atoms with Crippen LogP contribution in [0.15, 0.2) is 48.7 Å². The fourth-order valence-electron chi connectivity index (χ4n) is 7.95. The molecule has 0 unspecified atom stereocenters. The van der Waals surface area contributed by atoms with Gasteiger partial charge in [-0.25, -0.2) is 18.7 Å². The first-order chi connectivity index (χ1) is 23.3. The van der Waals surface area contributed by atoms with E-state index in [2.05, 4.69) is 14.9 Å². The number of rotatable bonds is 7. The number of aromatic hydroxyl groups is 1. The highest BCUT2D eigenvalue weighted by molar-refractivity contribution is 6.03. The molecule has 2 fully saturated rings. The normalized spacial score (nSPS) is 21.3. The second-order valence-electron chi connectivity index (χ2n) is 13.1. The molecule has 248 valence electrons. The highest BCUT2D eigenvalue weighted by Gasteiger charge is 2.49. The summed E-state index contributed by atoms with van der Waals surface area (Å²) in [5, 5.41) is 12.6. The van der Waals surface area contributed by atoms with Crippen molar-refractivity contribution in [3.63, 3.8) is 0 Å². The lowest BCUT2D eigenvalue weighted by molar-refractivity contribution is 0.107. The largest absolute Gasteiger partial charge is 0.508 e. The number of aryl methyl sites for hydroxylation is 1. The SMILES string of the molecule is CCc1cccc2cc(O)cc(-c3nc4c5c(nc(OC[C@@]67CCCN6C[C@H](F)C7)nc5c3F)N([C@H](C)c3cccnc3N)CCO4)c12. The van der Waals surface area contributed by atoms with Gasteiger partial charge in [0.15, 0.2) is 5.82 Å². The van der Waals surface area contributed by atoms with Crippen LogP contribution in [-0.4, -0.2) is 74.5 Å². The number of hydrogen-bond donors (Lipinski definition) is 2. The first kappa shape index (κ1) is 30.5. The monoisotopic (exact) mass is 653 g/mol. The molecule has 3 aromatic heterocycles. The van der Waals surface area contributed by atoms with Crippen LogP contribution in [0.25, 0.3) is 32.9 Å². The highest BCUT2D eigenvalue weighted by Crippen LogP contribution is 2.45. The summed E-state index contributed by atoms with van der Waals surface area (Å²) in [6, 6.07) is 12.4. The van der Waals surface area contributed by atoms with Crippen LogP contribution in [0.1, 0.15) is 50.3 Å². The van der Waals surface area contributed by atoms with Gasteiger partial charge < -0.3 is 25.2 Å². The van der Waals surface area contributed by atoms with Gasteiger partial charge in [-0.15, -0.1) is 0 Å². The topological polar surface area (TPSA) is 123 Å².